The lowest BCUT2D eigenvalue weighted by Crippen LogP contribution is -2.15. The lowest BCUT2D eigenvalue weighted by molar-refractivity contribution is -0.115. The van der Waals surface area contributed by atoms with Crippen molar-refractivity contribution in [2.75, 3.05) is 5.32 Å². The summed E-state index contributed by atoms with van der Waals surface area (Å²) in [6.07, 6.45) is 0.307. The number of hydrogen-bond acceptors (Lipinski definition) is 2. The first kappa shape index (κ1) is 16.9. The molecule has 0 fully saturated rings. The van der Waals surface area contributed by atoms with Crippen LogP contribution < -0.4 is 10.1 Å². The Bertz CT molecular complexity index is 1070. The van der Waals surface area contributed by atoms with E-state index < -0.39 is 0 Å². The van der Waals surface area contributed by atoms with Gasteiger partial charge in [-0.25, -0.2) is 0 Å². The molecule has 0 radical (unpaired) electrons. The van der Waals surface area contributed by atoms with Gasteiger partial charge in [-0.1, -0.05) is 72.8 Å². The standard InChI is InChI=1S/C24H19NO2/c26-24(17-19-11-8-10-18-9-4-5-14-21(18)19)25-22-15-6-7-16-23(22)27-20-12-2-1-3-13-20/h1-16H,17H2,(H,25,26). The fourth-order valence-electron chi connectivity index (χ4n) is 3.09. The Kier molecular flexibility index (Phi) is 4.84. The molecule has 0 bridgehead atoms. The Balaban J connectivity index is 1.53. The molecule has 0 unspecified atom stereocenters. The van der Waals surface area contributed by atoms with Crippen LogP contribution in [0, 0.1) is 0 Å². The Hall–Kier alpha value is -3.59. The predicted octanol–water partition coefficient (Wildman–Crippen LogP) is 5.81. The largest absolute Gasteiger partial charge is 0.455 e. The Morgan fingerprint density at radius 1 is 0.741 bits per heavy atom. The minimum atomic E-state index is -0.0736. The molecule has 1 amide bonds. The van der Waals surface area contributed by atoms with Crippen molar-refractivity contribution in [1.29, 1.82) is 0 Å². The van der Waals surface area contributed by atoms with Crippen molar-refractivity contribution in [2.45, 2.75) is 6.42 Å². The van der Waals surface area contributed by atoms with E-state index in [0.29, 0.717) is 17.9 Å². The number of carbonyl (C=O) groups excluding carboxylic acids is 1. The van der Waals surface area contributed by atoms with Crippen LogP contribution in [-0.2, 0) is 11.2 Å². The van der Waals surface area contributed by atoms with Crippen molar-refractivity contribution in [1.82, 2.24) is 0 Å². The maximum atomic E-state index is 12.7. The highest BCUT2D eigenvalue weighted by Gasteiger charge is 2.11. The quantitative estimate of drug-likeness (QED) is 0.491. The maximum Gasteiger partial charge on any atom is 0.228 e. The van der Waals surface area contributed by atoms with E-state index in [2.05, 4.69) is 17.4 Å². The molecule has 0 saturated heterocycles. The van der Waals surface area contributed by atoms with Gasteiger partial charge in [0.05, 0.1) is 12.1 Å². The van der Waals surface area contributed by atoms with E-state index >= 15 is 0 Å². The summed E-state index contributed by atoms with van der Waals surface area (Å²) in [4.78, 5) is 12.7. The molecule has 1 N–H and O–H groups in total. The number of nitrogens with one attached hydrogen (secondary N) is 1. The average molecular weight is 353 g/mol. The first-order valence-corrected chi connectivity index (χ1v) is 8.88. The van der Waals surface area contributed by atoms with Crippen LogP contribution in [0.5, 0.6) is 11.5 Å². The Labute approximate surface area is 158 Å². The lowest BCUT2D eigenvalue weighted by atomic mass is 10.0. The third-order valence-corrected chi connectivity index (χ3v) is 4.36. The van der Waals surface area contributed by atoms with Gasteiger partial charge >= 0.3 is 0 Å². The number of carbonyl (C=O) groups is 1. The van der Waals surface area contributed by atoms with E-state index in [9.17, 15) is 4.79 Å². The number of hydrogen-bond donors (Lipinski definition) is 1. The van der Waals surface area contributed by atoms with Crippen LogP contribution in [0.25, 0.3) is 10.8 Å². The molecule has 27 heavy (non-hydrogen) atoms. The number of fused-ring (bicyclic) bond motifs is 1. The third-order valence-electron chi connectivity index (χ3n) is 4.36. The highest BCUT2D eigenvalue weighted by atomic mass is 16.5. The molecule has 0 aliphatic heterocycles. The topological polar surface area (TPSA) is 38.3 Å². The summed E-state index contributed by atoms with van der Waals surface area (Å²) in [7, 11) is 0. The first-order valence-electron chi connectivity index (χ1n) is 8.88. The summed E-state index contributed by atoms with van der Waals surface area (Å²) in [5.74, 6) is 1.28. The summed E-state index contributed by atoms with van der Waals surface area (Å²) in [6, 6.07) is 31.1. The van der Waals surface area contributed by atoms with Crippen LogP contribution in [0.2, 0.25) is 0 Å². The number of rotatable bonds is 5. The van der Waals surface area contributed by atoms with Crippen LogP contribution in [0.15, 0.2) is 97.1 Å². The number of para-hydroxylation sites is 3. The Morgan fingerprint density at radius 3 is 2.33 bits per heavy atom. The average Bonchev–Trinajstić information content (AvgIpc) is 2.71. The zero-order valence-corrected chi connectivity index (χ0v) is 14.8. The van der Waals surface area contributed by atoms with Crippen LogP contribution in [0.3, 0.4) is 0 Å². The summed E-state index contributed by atoms with van der Waals surface area (Å²) in [5, 5.41) is 5.22. The fourth-order valence-corrected chi connectivity index (χ4v) is 3.09. The van der Waals surface area contributed by atoms with Crippen LogP contribution in [0.1, 0.15) is 5.56 Å². The summed E-state index contributed by atoms with van der Waals surface area (Å²) < 4.78 is 5.92. The number of amides is 1. The molecule has 3 nitrogen and oxygen atoms in total. The van der Waals surface area contributed by atoms with Crippen molar-refractivity contribution < 1.29 is 9.53 Å². The van der Waals surface area contributed by atoms with Gasteiger partial charge in [0.1, 0.15) is 5.75 Å². The van der Waals surface area contributed by atoms with E-state index in [-0.39, 0.29) is 5.91 Å². The van der Waals surface area contributed by atoms with Crippen LogP contribution in [-0.4, -0.2) is 5.91 Å². The van der Waals surface area contributed by atoms with E-state index in [1.54, 1.807) is 0 Å². The molecular formula is C24H19NO2. The minimum absolute atomic E-state index is 0.0736. The maximum absolute atomic E-state index is 12.7. The van der Waals surface area contributed by atoms with Gasteiger partial charge in [0.25, 0.3) is 0 Å². The van der Waals surface area contributed by atoms with Gasteiger partial charge in [0.15, 0.2) is 5.75 Å². The number of anilines is 1. The first-order chi connectivity index (χ1) is 13.3. The van der Waals surface area contributed by atoms with E-state index in [0.717, 1.165) is 22.1 Å². The minimum Gasteiger partial charge on any atom is -0.455 e. The van der Waals surface area contributed by atoms with Crippen molar-refractivity contribution in [3.05, 3.63) is 103 Å². The molecule has 0 aromatic heterocycles. The monoisotopic (exact) mass is 353 g/mol. The molecule has 4 aromatic rings. The van der Waals surface area contributed by atoms with E-state index in [1.165, 1.54) is 0 Å². The SMILES string of the molecule is O=C(Cc1cccc2ccccc12)Nc1ccccc1Oc1ccccc1. The van der Waals surface area contributed by atoms with Crippen LogP contribution >= 0.6 is 0 Å². The smallest absolute Gasteiger partial charge is 0.228 e. The van der Waals surface area contributed by atoms with Crippen molar-refractivity contribution in [3.8, 4) is 11.5 Å². The third kappa shape index (κ3) is 3.98. The van der Waals surface area contributed by atoms with Gasteiger partial charge in [-0.2, -0.15) is 0 Å². The normalized spacial score (nSPS) is 10.5. The van der Waals surface area contributed by atoms with E-state index in [4.69, 9.17) is 4.74 Å². The molecule has 0 saturated carbocycles. The second kappa shape index (κ2) is 7.75. The molecule has 0 aliphatic carbocycles. The molecular weight excluding hydrogens is 334 g/mol. The van der Waals surface area contributed by atoms with Crippen molar-refractivity contribution >= 4 is 22.4 Å². The lowest BCUT2D eigenvalue weighted by Gasteiger charge is -2.13. The molecule has 4 aromatic carbocycles. The second-order valence-electron chi connectivity index (χ2n) is 6.27. The zero-order valence-electron chi connectivity index (χ0n) is 14.8. The van der Waals surface area contributed by atoms with Gasteiger partial charge in [-0.15, -0.1) is 0 Å². The fraction of sp³-hybridized carbons (Fsp3) is 0.0417. The van der Waals surface area contributed by atoms with Crippen molar-refractivity contribution in [3.63, 3.8) is 0 Å². The summed E-state index contributed by atoms with van der Waals surface area (Å²) in [6.45, 7) is 0. The molecule has 4 rings (SSSR count). The Morgan fingerprint density at radius 2 is 1.44 bits per heavy atom. The van der Waals surface area contributed by atoms with Gasteiger partial charge in [0, 0.05) is 0 Å². The highest BCUT2D eigenvalue weighted by Crippen LogP contribution is 2.29. The molecule has 3 heteroatoms. The summed E-state index contributed by atoms with van der Waals surface area (Å²) >= 11 is 0. The molecule has 0 atom stereocenters. The van der Waals surface area contributed by atoms with Gasteiger partial charge < -0.3 is 10.1 Å². The molecule has 0 spiro atoms. The predicted molar refractivity (Wildman–Crippen MR) is 109 cm³/mol. The summed E-state index contributed by atoms with van der Waals surface area (Å²) in [5.41, 5.74) is 1.67. The van der Waals surface area contributed by atoms with Gasteiger partial charge in [0.2, 0.25) is 5.91 Å². The number of benzene rings is 4. The zero-order chi connectivity index (χ0) is 18.5. The molecule has 0 heterocycles. The second-order valence-corrected chi connectivity index (χ2v) is 6.27. The van der Waals surface area contributed by atoms with Crippen LogP contribution in [0.4, 0.5) is 5.69 Å². The number of ether oxygens (including phenoxy) is 1. The van der Waals surface area contributed by atoms with E-state index in [1.807, 2.05) is 84.9 Å². The highest BCUT2D eigenvalue weighted by molar-refractivity contribution is 5.97. The van der Waals surface area contributed by atoms with Gasteiger partial charge in [-0.3, -0.25) is 4.79 Å². The molecule has 0 aliphatic rings. The molecule has 132 valence electrons. The van der Waals surface area contributed by atoms with Crippen molar-refractivity contribution in [2.24, 2.45) is 0 Å². The van der Waals surface area contributed by atoms with Gasteiger partial charge in [-0.05, 0) is 40.6 Å².